The first-order valence-corrected chi connectivity index (χ1v) is 5.49. The number of aromatic nitrogens is 2. The Morgan fingerprint density at radius 1 is 1.50 bits per heavy atom. The van der Waals surface area contributed by atoms with Crippen LogP contribution in [0.25, 0.3) is 0 Å². The Morgan fingerprint density at radius 3 is 3.06 bits per heavy atom. The van der Waals surface area contributed by atoms with Crippen molar-refractivity contribution >= 4 is 11.6 Å². The first kappa shape index (κ1) is 12.1. The van der Waals surface area contributed by atoms with Gasteiger partial charge in [0.2, 0.25) is 0 Å². The number of hydrogen-bond acceptors (Lipinski definition) is 3. The Hall–Kier alpha value is -2.37. The molecule has 0 unspecified atom stereocenters. The number of amides is 1. The fourth-order valence-corrected chi connectivity index (χ4v) is 1.56. The van der Waals surface area contributed by atoms with Gasteiger partial charge in [0.25, 0.3) is 5.91 Å². The zero-order valence-corrected chi connectivity index (χ0v) is 9.61. The van der Waals surface area contributed by atoms with E-state index in [9.17, 15) is 9.18 Å². The number of carbonyl (C=O) groups is 1. The Bertz CT molecular complexity index is 539. The lowest BCUT2D eigenvalue weighted by Crippen LogP contribution is -2.27. The molecule has 0 aliphatic heterocycles. The van der Waals surface area contributed by atoms with Gasteiger partial charge in [-0.2, -0.15) is 0 Å². The van der Waals surface area contributed by atoms with Gasteiger partial charge in [0.15, 0.2) is 0 Å². The van der Waals surface area contributed by atoms with Crippen molar-refractivity contribution in [3.8, 4) is 0 Å². The van der Waals surface area contributed by atoms with E-state index < -0.39 is 11.7 Å². The van der Waals surface area contributed by atoms with E-state index in [0.717, 1.165) is 5.82 Å². The first-order valence-electron chi connectivity index (χ1n) is 5.49. The maximum atomic E-state index is 13.2. The molecule has 0 saturated heterocycles. The summed E-state index contributed by atoms with van der Waals surface area (Å²) in [6.45, 7) is 0.405. The number of anilines is 1. The first-order chi connectivity index (χ1) is 8.68. The molecule has 0 radical (unpaired) electrons. The Balaban J connectivity index is 1.93. The summed E-state index contributed by atoms with van der Waals surface area (Å²) in [6, 6.07) is 4.16. The maximum Gasteiger partial charge on any atom is 0.253 e. The van der Waals surface area contributed by atoms with Gasteiger partial charge in [-0.25, -0.2) is 9.37 Å². The van der Waals surface area contributed by atoms with E-state index in [4.69, 9.17) is 5.73 Å². The number of nitrogens with two attached hydrogens (primary N) is 1. The van der Waals surface area contributed by atoms with Gasteiger partial charge in [0, 0.05) is 25.4 Å². The van der Waals surface area contributed by atoms with E-state index >= 15 is 0 Å². The van der Waals surface area contributed by atoms with E-state index in [-0.39, 0.29) is 11.3 Å². The highest BCUT2D eigenvalue weighted by atomic mass is 19.1. The molecular weight excluding hydrogens is 235 g/mol. The lowest BCUT2D eigenvalue weighted by atomic mass is 10.1. The summed E-state index contributed by atoms with van der Waals surface area (Å²) in [6.07, 6.45) is 3.93. The summed E-state index contributed by atoms with van der Waals surface area (Å²) in [7, 11) is 0. The fourth-order valence-electron chi connectivity index (χ4n) is 1.56. The van der Waals surface area contributed by atoms with Gasteiger partial charge >= 0.3 is 0 Å². The van der Waals surface area contributed by atoms with Crippen molar-refractivity contribution < 1.29 is 9.18 Å². The topological polar surface area (TPSA) is 83.8 Å². The largest absolute Gasteiger partial charge is 0.396 e. The molecule has 4 N–H and O–H groups in total. The molecule has 0 spiro atoms. The van der Waals surface area contributed by atoms with Gasteiger partial charge in [-0.1, -0.05) is 6.07 Å². The van der Waals surface area contributed by atoms with Gasteiger partial charge < -0.3 is 16.0 Å². The monoisotopic (exact) mass is 248 g/mol. The number of imidazole rings is 1. The standard InChI is InChI=1S/C12H13FN4O/c13-9-3-1-2-8(11(9)14)12(18)17-5-4-10-15-6-7-16-10/h1-3,6-7H,4-5,14H2,(H,15,16)(H,17,18). The zero-order chi connectivity index (χ0) is 13.0. The van der Waals surface area contributed by atoms with Crippen molar-refractivity contribution in [1.82, 2.24) is 15.3 Å². The summed E-state index contributed by atoms with van der Waals surface area (Å²) in [5.74, 6) is -0.199. The number of aromatic amines is 1. The molecule has 1 aromatic carbocycles. The summed E-state index contributed by atoms with van der Waals surface area (Å²) < 4.78 is 13.2. The Kier molecular flexibility index (Phi) is 3.57. The quantitative estimate of drug-likeness (QED) is 0.708. The second-order valence-electron chi connectivity index (χ2n) is 3.74. The van der Waals surface area contributed by atoms with E-state index in [0.29, 0.717) is 13.0 Å². The average molecular weight is 248 g/mol. The third-order valence-corrected chi connectivity index (χ3v) is 2.50. The van der Waals surface area contributed by atoms with E-state index in [2.05, 4.69) is 15.3 Å². The molecular formula is C12H13FN4O. The second kappa shape index (κ2) is 5.31. The van der Waals surface area contributed by atoms with Crippen molar-refractivity contribution in [2.24, 2.45) is 0 Å². The van der Waals surface area contributed by atoms with Gasteiger partial charge in [0.1, 0.15) is 11.6 Å². The highest BCUT2D eigenvalue weighted by Gasteiger charge is 2.11. The molecule has 94 valence electrons. The van der Waals surface area contributed by atoms with Gasteiger partial charge in [-0.05, 0) is 12.1 Å². The summed E-state index contributed by atoms with van der Waals surface area (Å²) in [5, 5.41) is 2.66. The minimum atomic E-state index is -0.589. The molecule has 1 amide bonds. The van der Waals surface area contributed by atoms with Crippen LogP contribution >= 0.6 is 0 Å². The zero-order valence-electron chi connectivity index (χ0n) is 9.61. The molecule has 1 aromatic heterocycles. The molecule has 0 atom stereocenters. The number of halogens is 1. The summed E-state index contributed by atoms with van der Waals surface area (Å²) in [4.78, 5) is 18.7. The van der Waals surface area contributed by atoms with Gasteiger partial charge in [-0.3, -0.25) is 4.79 Å². The van der Waals surface area contributed by atoms with Crippen LogP contribution in [0.2, 0.25) is 0 Å². The Labute approximate surface area is 103 Å². The predicted molar refractivity (Wildman–Crippen MR) is 65.4 cm³/mol. The molecule has 6 heteroatoms. The van der Waals surface area contributed by atoms with Crippen molar-refractivity contribution in [2.75, 3.05) is 12.3 Å². The minimum absolute atomic E-state index is 0.131. The highest BCUT2D eigenvalue weighted by molar-refractivity contribution is 5.99. The number of nitrogens with one attached hydrogen (secondary N) is 2. The van der Waals surface area contributed by atoms with Crippen LogP contribution in [0.5, 0.6) is 0 Å². The molecule has 0 bridgehead atoms. The number of nitrogen functional groups attached to an aromatic ring is 1. The predicted octanol–water partition coefficient (Wildman–Crippen LogP) is 1.10. The van der Waals surface area contributed by atoms with Crippen LogP contribution in [-0.2, 0) is 6.42 Å². The normalized spacial score (nSPS) is 10.3. The summed E-state index contributed by atoms with van der Waals surface area (Å²) in [5.41, 5.74) is 5.51. The van der Waals surface area contributed by atoms with Crippen LogP contribution in [0.15, 0.2) is 30.6 Å². The van der Waals surface area contributed by atoms with Crippen LogP contribution in [0, 0.1) is 5.82 Å². The van der Waals surface area contributed by atoms with Crippen molar-refractivity contribution in [1.29, 1.82) is 0 Å². The van der Waals surface area contributed by atoms with E-state index in [1.54, 1.807) is 12.4 Å². The van der Waals surface area contributed by atoms with E-state index in [1.807, 2.05) is 0 Å². The van der Waals surface area contributed by atoms with Gasteiger partial charge in [0.05, 0.1) is 11.3 Å². The minimum Gasteiger partial charge on any atom is -0.396 e. The Morgan fingerprint density at radius 2 is 2.33 bits per heavy atom. The van der Waals surface area contributed by atoms with Crippen molar-refractivity contribution in [3.05, 3.63) is 47.8 Å². The lowest BCUT2D eigenvalue weighted by molar-refractivity contribution is 0.0954. The van der Waals surface area contributed by atoms with Crippen LogP contribution in [-0.4, -0.2) is 22.4 Å². The number of nitrogens with zero attached hydrogens (tertiary/aromatic N) is 1. The SMILES string of the molecule is Nc1c(F)cccc1C(=O)NCCc1ncc[nH]1. The third-order valence-electron chi connectivity index (χ3n) is 2.50. The molecule has 5 nitrogen and oxygen atoms in total. The van der Waals surface area contributed by atoms with Crippen LogP contribution in [0.3, 0.4) is 0 Å². The number of hydrogen-bond donors (Lipinski definition) is 3. The van der Waals surface area contributed by atoms with Crippen LogP contribution < -0.4 is 11.1 Å². The smallest absolute Gasteiger partial charge is 0.253 e. The lowest BCUT2D eigenvalue weighted by Gasteiger charge is -2.07. The molecule has 0 fully saturated rings. The fraction of sp³-hybridized carbons (Fsp3) is 0.167. The number of carbonyl (C=O) groups excluding carboxylic acids is 1. The molecule has 0 aliphatic carbocycles. The number of H-pyrrole nitrogens is 1. The van der Waals surface area contributed by atoms with E-state index in [1.165, 1.54) is 18.2 Å². The highest BCUT2D eigenvalue weighted by Crippen LogP contribution is 2.15. The molecule has 0 saturated carbocycles. The number of rotatable bonds is 4. The van der Waals surface area contributed by atoms with Crippen LogP contribution in [0.4, 0.5) is 10.1 Å². The molecule has 2 aromatic rings. The molecule has 2 rings (SSSR count). The number of para-hydroxylation sites is 1. The average Bonchev–Trinajstić information content (AvgIpc) is 2.85. The summed E-state index contributed by atoms with van der Waals surface area (Å²) >= 11 is 0. The molecule has 18 heavy (non-hydrogen) atoms. The molecule has 0 aliphatic rings. The van der Waals surface area contributed by atoms with Crippen molar-refractivity contribution in [3.63, 3.8) is 0 Å². The van der Waals surface area contributed by atoms with Gasteiger partial charge in [-0.15, -0.1) is 0 Å². The second-order valence-corrected chi connectivity index (χ2v) is 3.74. The van der Waals surface area contributed by atoms with Crippen molar-refractivity contribution in [2.45, 2.75) is 6.42 Å². The van der Waals surface area contributed by atoms with Crippen LogP contribution in [0.1, 0.15) is 16.2 Å². The third kappa shape index (κ3) is 2.65. The molecule has 1 heterocycles. The maximum absolute atomic E-state index is 13.2. The number of benzene rings is 1.